The maximum absolute atomic E-state index is 12.8. The molecule has 4 rings (SSSR count). The fourth-order valence-corrected chi connectivity index (χ4v) is 4.78. The summed E-state index contributed by atoms with van der Waals surface area (Å²) in [6.07, 6.45) is 8.50. The van der Waals surface area contributed by atoms with Crippen molar-refractivity contribution in [2.24, 2.45) is 5.92 Å². The van der Waals surface area contributed by atoms with Gasteiger partial charge in [-0.05, 0) is 49.9 Å². The lowest BCUT2D eigenvalue weighted by Gasteiger charge is -2.40. The average Bonchev–Trinajstić information content (AvgIpc) is 3.28. The number of ether oxygens (including phenoxy) is 1. The number of anilines is 1. The van der Waals surface area contributed by atoms with Gasteiger partial charge in [-0.1, -0.05) is 37.3 Å². The molecule has 0 N–H and O–H groups in total. The van der Waals surface area contributed by atoms with E-state index in [0.717, 1.165) is 43.4 Å². The zero-order valence-corrected chi connectivity index (χ0v) is 19.1. The second-order valence-electron chi connectivity index (χ2n) is 8.80. The minimum atomic E-state index is 0.156. The Bertz CT molecular complexity index is 916. The molecule has 1 saturated carbocycles. The van der Waals surface area contributed by atoms with Gasteiger partial charge < -0.3 is 14.5 Å². The Labute approximate surface area is 189 Å². The summed E-state index contributed by atoms with van der Waals surface area (Å²) >= 11 is 6.09. The van der Waals surface area contributed by atoms with E-state index in [-0.39, 0.29) is 6.04 Å². The van der Waals surface area contributed by atoms with Crippen molar-refractivity contribution in [3.05, 3.63) is 41.2 Å². The highest BCUT2D eigenvalue weighted by molar-refractivity contribution is 6.31. The van der Waals surface area contributed by atoms with E-state index in [1.165, 1.54) is 32.0 Å². The van der Waals surface area contributed by atoms with Crippen LogP contribution in [0.25, 0.3) is 0 Å². The van der Waals surface area contributed by atoms with Gasteiger partial charge in [0.2, 0.25) is 11.8 Å². The summed E-state index contributed by atoms with van der Waals surface area (Å²) in [7, 11) is 0. The quantitative estimate of drug-likeness (QED) is 0.612. The van der Waals surface area contributed by atoms with Gasteiger partial charge in [0.05, 0.1) is 0 Å². The van der Waals surface area contributed by atoms with Crippen LogP contribution < -0.4 is 9.64 Å². The normalized spacial score (nSPS) is 19.6. The van der Waals surface area contributed by atoms with Crippen LogP contribution in [0.2, 0.25) is 5.02 Å². The second-order valence-corrected chi connectivity index (χ2v) is 9.21. The van der Waals surface area contributed by atoms with Gasteiger partial charge in [-0.15, -0.1) is 0 Å². The molecule has 2 aliphatic rings. The van der Waals surface area contributed by atoms with Crippen LogP contribution >= 0.6 is 11.6 Å². The zero-order valence-electron chi connectivity index (χ0n) is 18.4. The van der Waals surface area contributed by atoms with Gasteiger partial charge in [-0.2, -0.15) is 0 Å². The smallest absolute Gasteiger partial charge is 0.224 e. The van der Waals surface area contributed by atoms with E-state index in [1.54, 1.807) is 0 Å². The van der Waals surface area contributed by atoms with Crippen molar-refractivity contribution in [1.82, 2.24) is 14.9 Å². The maximum atomic E-state index is 12.8. The summed E-state index contributed by atoms with van der Waals surface area (Å²) in [5, 5.41) is 0.709. The Morgan fingerprint density at radius 2 is 2.00 bits per heavy atom. The Morgan fingerprint density at radius 3 is 2.74 bits per heavy atom. The Hall–Kier alpha value is -2.34. The molecule has 166 valence electrons. The van der Waals surface area contributed by atoms with Crippen molar-refractivity contribution in [1.29, 1.82) is 0 Å². The van der Waals surface area contributed by atoms with Gasteiger partial charge in [0.1, 0.15) is 17.9 Å². The number of aryl methyl sites for hydroxylation is 1. The van der Waals surface area contributed by atoms with Crippen LogP contribution in [0.15, 0.2) is 30.6 Å². The number of nitrogens with zero attached hydrogens (tertiary/aromatic N) is 4. The first-order valence-corrected chi connectivity index (χ1v) is 11.7. The van der Waals surface area contributed by atoms with Gasteiger partial charge >= 0.3 is 0 Å². The van der Waals surface area contributed by atoms with E-state index < -0.39 is 0 Å². The van der Waals surface area contributed by atoms with Crippen LogP contribution in [0.4, 0.5) is 5.82 Å². The van der Waals surface area contributed by atoms with Crippen LogP contribution in [0.3, 0.4) is 0 Å². The third-order valence-electron chi connectivity index (χ3n) is 6.49. The molecule has 1 saturated heterocycles. The number of rotatable bonds is 6. The lowest BCUT2D eigenvalue weighted by molar-refractivity contribution is -0.133. The maximum Gasteiger partial charge on any atom is 0.224 e. The molecule has 0 bridgehead atoms. The zero-order chi connectivity index (χ0) is 21.8. The predicted octanol–water partition coefficient (Wildman–Crippen LogP) is 5.24. The van der Waals surface area contributed by atoms with E-state index in [9.17, 15) is 4.79 Å². The molecule has 0 radical (unpaired) electrons. The van der Waals surface area contributed by atoms with Crippen molar-refractivity contribution >= 4 is 23.3 Å². The van der Waals surface area contributed by atoms with E-state index >= 15 is 0 Å². The molecular weight excluding hydrogens is 412 g/mol. The third kappa shape index (κ3) is 5.48. The summed E-state index contributed by atoms with van der Waals surface area (Å²) in [5.74, 6) is 3.06. The van der Waals surface area contributed by atoms with Crippen LogP contribution in [0.5, 0.6) is 11.6 Å². The highest BCUT2D eigenvalue weighted by Crippen LogP contribution is 2.30. The fourth-order valence-electron chi connectivity index (χ4n) is 4.67. The number of aromatic nitrogens is 2. The molecule has 1 aromatic carbocycles. The average molecular weight is 443 g/mol. The standard InChI is InChI=1S/C24H31ClN4O2/c1-17-13-20(8-9-21(17)25)31-23-14-22(26-16-27-23)28-11-12-29(18(2)15-28)24(30)10-7-19-5-3-4-6-19/h8-9,13-14,16,18-19H,3-7,10-12,15H2,1-2H3/t18-/m0/s1. The largest absolute Gasteiger partial charge is 0.439 e. The monoisotopic (exact) mass is 442 g/mol. The van der Waals surface area contributed by atoms with E-state index in [4.69, 9.17) is 16.3 Å². The Kier molecular flexibility index (Phi) is 6.96. The molecule has 7 heteroatoms. The Balaban J connectivity index is 1.34. The first-order valence-electron chi connectivity index (χ1n) is 11.3. The lowest BCUT2D eigenvalue weighted by Crippen LogP contribution is -2.54. The first-order chi connectivity index (χ1) is 15.0. The van der Waals surface area contributed by atoms with E-state index in [2.05, 4.69) is 21.8 Å². The van der Waals surface area contributed by atoms with Crippen molar-refractivity contribution in [2.75, 3.05) is 24.5 Å². The van der Waals surface area contributed by atoms with Crippen LogP contribution in [-0.2, 0) is 4.79 Å². The Morgan fingerprint density at radius 1 is 1.19 bits per heavy atom. The van der Waals surface area contributed by atoms with E-state index in [1.807, 2.05) is 36.1 Å². The first kappa shape index (κ1) is 21.9. The molecule has 1 amide bonds. The summed E-state index contributed by atoms with van der Waals surface area (Å²) in [4.78, 5) is 25.7. The molecule has 6 nitrogen and oxygen atoms in total. The molecular formula is C24H31ClN4O2. The number of hydrogen-bond acceptors (Lipinski definition) is 5. The topological polar surface area (TPSA) is 58.6 Å². The van der Waals surface area contributed by atoms with Crippen molar-refractivity contribution < 1.29 is 9.53 Å². The SMILES string of the molecule is Cc1cc(Oc2cc(N3CCN(C(=O)CCC4CCCC4)[C@@H](C)C3)ncn2)ccc1Cl. The lowest BCUT2D eigenvalue weighted by atomic mass is 10.0. The number of piperazine rings is 1. The van der Waals surface area contributed by atoms with Crippen molar-refractivity contribution in [3.63, 3.8) is 0 Å². The molecule has 31 heavy (non-hydrogen) atoms. The molecule has 2 fully saturated rings. The second kappa shape index (κ2) is 9.86. The van der Waals surface area contributed by atoms with Gasteiger partial charge in [-0.3, -0.25) is 4.79 Å². The minimum Gasteiger partial charge on any atom is -0.439 e. The van der Waals surface area contributed by atoms with Crippen LogP contribution in [0.1, 0.15) is 51.0 Å². The highest BCUT2D eigenvalue weighted by Gasteiger charge is 2.28. The molecule has 1 aliphatic heterocycles. The van der Waals surface area contributed by atoms with E-state index in [0.29, 0.717) is 29.0 Å². The fraction of sp³-hybridized carbons (Fsp3) is 0.542. The van der Waals surface area contributed by atoms with Gasteiger partial charge in [-0.25, -0.2) is 9.97 Å². The minimum absolute atomic E-state index is 0.156. The molecule has 2 aromatic rings. The summed E-state index contributed by atoms with van der Waals surface area (Å²) in [5.41, 5.74) is 0.955. The number of halogens is 1. The number of amides is 1. The van der Waals surface area contributed by atoms with Crippen molar-refractivity contribution in [2.45, 2.75) is 58.4 Å². The summed E-state index contributed by atoms with van der Waals surface area (Å²) < 4.78 is 5.91. The molecule has 1 atom stereocenters. The predicted molar refractivity (Wildman–Crippen MR) is 123 cm³/mol. The van der Waals surface area contributed by atoms with Crippen molar-refractivity contribution in [3.8, 4) is 11.6 Å². The van der Waals surface area contributed by atoms with Gasteiger partial charge in [0, 0.05) is 43.2 Å². The number of benzene rings is 1. The molecule has 1 aliphatic carbocycles. The van der Waals surface area contributed by atoms with Crippen LogP contribution in [0, 0.1) is 12.8 Å². The number of carbonyl (C=O) groups excluding carboxylic acids is 1. The molecule has 0 spiro atoms. The summed E-state index contributed by atoms with van der Waals surface area (Å²) in [6.45, 7) is 6.30. The van der Waals surface area contributed by atoms with Gasteiger partial charge in [0.25, 0.3) is 0 Å². The summed E-state index contributed by atoms with van der Waals surface area (Å²) in [6, 6.07) is 7.55. The highest BCUT2D eigenvalue weighted by atomic mass is 35.5. The third-order valence-corrected chi connectivity index (χ3v) is 6.92. The molecule has 2 heterocycles. The number of carbonyl (C=O) groups is 1. The molecule has 1 aromatic heterocycles. The number of hydrogen-bond donors (Lipinski definition) is 0. The van der Waals surface area contributed by atoms with Gasteiger partial charge in [0.15, 0.2) is 0 Å². The van der Waals surface area contributed by atoms with Crippen LogP contribution in [-0.4, -0.2) is 46.5 Å². The molecule has 0 unspecified atom stereocenters.